The van der Waals surface area contributed by atoms with E-state index in [1.807, 2.05) is 6.07 Å². The highest BCUT2D eigenvalue weighted by molar-refractivity contribution is 9.09. The van der Waals surface area contributed by atoms with Crippen LogP contribution in [0.4, 0.5) is 0 Å². The van der Waals surface area contributed by atoms with Crippen LogP contribution >= 0.6 is 15.9 Å². The van der Waals surface area contributed by atoms with Crippen LogP contribution < -0.4 is 4.74 Å². The number of ether oxygens (including phenoxy) is 1. The minimum absolute atomic E-state index is 0.713. The lowest BCUT2D eigenvalue weighted by molar-refractivity contribution is 0.398. The fraction of sp³-hybridized carbons (Fsp3) is 0.600. The van der Waals surface area contributed by atoms with Crippen molar-refractivity contribution in [1.29, 1.82) is 0 Å². The minimum Gasteiger partial charge on any atom is -0.496 e. The highest BCUT2D eigenvalue weighted by atomic mass is 79.9. The lowest BCUT2D eigenvalue weighted by atomic mass is 9.92. The molecule has 1 fully saturated rings. The molecular formula is C15H21BrO. The van der Waals surface area contributed by atoms with Gasteiger partial charge in [-0.05, 0) is 36.8 Å². The Hall–Kier alpha value is -0.500. The summed E-state index contributed by atoms with van der Waals surface area (Å²) < 4.78 is 5.43. The van der Waals surface area contributed by atoms with E-state index in [-0.39, 0.29) is 0 Å². The Morgan fingerprint density at radius 3 is 2.82 bits per heavy atom. The zero-order valence-electron chi connectivity index (χ0n) is 10.5. The maximum absolute atomic E-state index is 5.43. The van der Waals surface area contributed by atoms with E-state index in [0.717, 1.165) is 18.1 Å². The SMILES string of the molecule is COc1ccccc1CC1CCCCC(Br)C1. The molecule has 1 aliphatic carbocycles. The van der Waals surface area contributed by atoms with Crippen LogP contribution in [-0.2, 0) is 6.42 Å². The Labute approximate surface area is 113 Å². The van der Waals surface area contributed by atoms with Gasteiger partial charge in [0.2, 0.25) is 0 Å². The average molecular weight is 297 g/mol. The van der Waals surface area contributed by atoms with Crippen molar-refractivity contribution in [2.75, 3.05) is 7.11 Å². The summed E-state index contributed by atoms with van der Waals surface area (Å²) in [4.78, 5) is 0.713. The van der Waals surface area contributed by atoms with E-state index in [0.29, 0.717) is 4.83 Å². The van der Waals surface area contributed by atoms with Gasteiger partial charge in [-0.3, -0.25) is 0 Å². The standard InChI is InChI=1S/C15H21BrO/c1-17-15-9-5-3-7-13(15)10-12-6-2-4-8-14(16)11-12/h3,5,7,9,12,14H,2,4,6,8,10-11H2,1H3. The molecule has 1 aromatic carbocycles. The summed E-state index contributed by atoms with van der Waals surface area (Å²) in [5.74, 6) is 1.85. The lowest BCUT2D eigenvalue weighted by Gasteiger charge is -2.17. The molecule has 17 heavy (non-hydrogen) atoms. The van der Waals surface area contributed by atoms with Gasteiger partial charge < -0.3 is 4.74 Å². The molecule has 1 aliphatic rings. The highest BCUT2D eigenvalue weighted by Gasteiger charge is 2.19. The van der Waals surface area contributed by atoms with Crippen LogP contribution in [0.3, 0.4) is 0 Å². The molecule has 0 aromatic heterocycles. The smallest absolute Gasteiger partial charge is 0.122 e. The van der Waals surface area contributed by atoms with Gasteiger partial charge in [-0.2, -0.15) is 0 Å². The predicted octanol–water partition coefficient (Wildman–Crippen LogP) is 4.58. The van der Waals surface area contributed by atoms with Gasteiger partial charge in [-0.25, -0.2) is 0 Å². The first-order chi connectivity index (χ1) is 8.29. The van der Waals surface area contributed by atoms with Gasteiger partial charge in [0.25, 0.3) is 0 Å². The zero-order chi connectivity index (χ0) is 12.1. The summed E-state index contributed by atoms with van der Waals surface area (Å²) >= 11 is 3.80. The Morgan fingerprint density at radius 2 is 2.00 bits per heavy atom. The number of benzene rings is 1. The average Bonchev–Trinajstić information content (AvgIpc) is 2.54. The molecule has 1 nitrogen and oxygen atoms in total. The lowest BCUT2D eigenvalue weighted by Crippen LogP contribution is -2.09. The minimum atomic E-state index is 0.713. The van der Waals surface area contributed by atoms with Crippen LogP contribution in [0.1, 0.15) is 37.7 Å². The van der Waals surface area contributed by atoms with E-state index in [4.69, 9.17) is 4.74 Å². The fourth-order valence-electron chi connectivity index (χ4n) is 2.76. The second-order valence-electron chi connectivity index (χ2n) is 5.00. The molecule has 1 aromatic rings. The molecule has 0 bridgehead atoms. The van der Waals surface area contributed by atoms with Crippen molar-refractivity contribution >= 4 is 15.9 Å². The highest BCUT2D eigenvalue weighted by Crippen LogP contribution is 2.32. The van der Waals surface area contributed by atoms with Crippen LogP contribution in [0.5, 0.6) is 5.75 Å². The van der Waals surface area contributed by atoms with E-state index in [2.05, 4.69) is 34.1 Å². The topological polar surface area (TPSA) is 9.23 Å². The zero-order valence-corrected chi connectivity index (χ0v) is 12.1. The normalized spacial score (nSPS) is 25.3. The molecule has 0 saturated heterocycles. The van der Waals surface area contributed by atoms with Crippen molar-refractivity contribution < 1.29 is 4.74 Å². The summed E-state index contributed by atoms with van der Waals surface area (Å²) in [6, 6.07) is 8.42. The third kappa shape index (κ3) is 3.74. The van der Waals surface area contributed by atoms with Crippen LogP contribution in [0.2, 0.25) is 0 Å². The molecule has 0 spiro atoms. The Morgan fingerprint density at radius 1 is 1.24 bits per heavy atom. The number of methoxy groups -OCH3 is 1. The fourth-order valence-corrected chi connectivity index (χ4v) is 3.62. The summed E-state index contributed by atoms with van der Waals surface area (Å²) in [5.41, 5.74) is 1.36. The van der Waals surface area contributed by atoms with E-state index in [1.165, 1.54) is 37.7 Å². The summed E-state index contributed by atoms with van der Waals surface area (Å²) in [6.07, 6.45) is 7.91. The van der Waals surface area contributed by atoms with Gasteiger partial charge in [-0.1, -0.05) is 53.4 Å². The number of hydrogen-bond acceptors (Lipinski definition) is 1. The number of halogens is 1. The molecule has 0 N–H and O–H groups in total. The molecule has 2 heteroatoms. The quantitative estimate of drug-likeness (QED) is 0.586. The van der Waals surface area contributed by atoms with Gasteiger partial charge in [0.1, 0.15) is 5.75 Å². The van der Waals surface area contributed by atoms with Gasteiger partial charge in [0, 0.05) is 4.83 Å². The molecule has 1 saturated carbocycles. The van der Waals surface area contributed by atoms with E-state index >= 15 is 0 Å². The first-order valence-corrected chi connectivity index (χ1v) is 7.47. The molecule has 0 amide bonds. The third-order valence-corrected chi connectivity index (χ3v) is 4.50. The van der Waals surface area contributed by atoms with Crippen molar-refractivity contribution in [2.24, 2.45) is 5.92 Å². The number of rotatable bonds is 3. The second kappa shape index (κ2) is 6.44. The van der Waals surface area contributed by atoms with Gasteiger partial charge in [0.05, 0.1) is 7.11 Å². The summed E-state index contributed by atoms with van der Waals surface area (Å²) in [6.45, 7) is 0. The van der Waals surface area contributed by atoms with Crippen LogP contribution in [0, 0.1) is 5.92 Å². The maximum Gasteiger partial charge on any atom is 0.122 e. The maximum atomic E-state index is 5.43. The van der Waals surface area contributed by atoms with Crippen molar-refractivity contribution in [3.05, 3.63) is 29.8 Å². The van der Waals surface area contributed by atoms with Crippen LogP contribution in [-0.4, -0.2) is 11.9 Å². The largest absolute Gasteiger partial charge is 0.496 e. The molecule has 2 rings (SSSR count). The molecule has 0 heterocycles. The first kappa shape index (κ1) is 12.9. The van der Waals surface area contributed by atoms with E-state index < -0.39 is 0 Å². The van der Waals surface area contributed by atoms with Gasteiger partial charge >= 0.3 is 0 Å². The molecular weight excluding hydrogens is 276 g/mol. The molecule has 0 radical (unpaired) electrons. The Balaban J connectivity index is 2.03. The Bertz CT molecular complexity index is 351. The summed E-state index contributed by atoms with van der Waals surface area (Å²) in [5, 5.41) is 0. The van der Waals surface area contributed by atoms with Crippen molar-refractivity contribution in [2.45, 2.75) is 43.4 Å². The van der Waals surface area contributed by atoms with Gasteiger partial charge in [0.15, 0.2) is 0 Å². The van der Waals surface area contributed by atoms with Crippen molar-refractivity contribution in [3.63, 3.8) is 0 Å². The number of hydrogen-bond donors (Lipinski definition) is 0. The predicted molar refractivity (Wildman–Crippen MR) is 76.0 cm³/mol. The second-order valence-corrected chi connectivity index (χ2v) is 6.29. The van der Waals surface area contributed by atoms with E-state index in [9.17, 15) is 0 Å². The number of para-hydroxylation sites is 1. The molecule has 2 unspecified atom stereocenters. The van der Waals surface area contributed by atoms with E-state index in [1.54, 1.807) is 7.11 Å². The number of alkyl halides is 1. The summed E-state index contributed by atoms with van der Waals surface area (Å²) in [7, 11) is 1.76. The van der Waals surface area contributed by atoms with Crippen LogP contribution in [0.25, 0.3) is 0 Å². The third-order valence-electron chi connectivity index (χ3n) is 3.67. The van der Waals surface area contributed by atoms with Crippen molar-refractivity contribution in [1.82, 2.24) is 0 Å². The molecule has 2 atom stereocenters. The van der Waals surface area contributed by atoms with Crippen LogP contribution in [0.15, 0.2) is 24.3 Å². The molecule has 0 aliphatic heterocycles. The van der Waals surface area contributed by atoms with Gasteiger partial charge in [-0.15, -0.1) is 0 Å². The Kier molecular flexibility index (Phi) is 4.90. The monoisotopic (exact) mass is 296 g/mol. The molecule has 94 valence electrons. The first-order valence-electron chi connectivity index (χ1n) is 6.55. The van der Waals surface area contributed by atoms with Crippen molar-refractivity contribution in [3.8, 4) is 5.75 Å².